The Balaban J connectivity index is 2.10. The molecule has 2 rings (SSSR count). The third-order valence-electron chi connectivity index (χ3n) is 5.11. The molecule has 1 aliphatic rings. The molecule has 0 unspecified atom stereocenters. The molecular formula is C25H35N3O5. The van der Waals surface area contributed by atoms with Crippen LogP contribution in [0.4, 0.5) is 4.79 Å². The number of rotatable bonds is 2. The Morgan fingerprint density at radius 2 is 1.82 bits per heavy atom. The molecule has 0 spiro atoms. The van der Waals surface area contributed by atoms with E-state index in [0.29, 0.717) is 6.42 Å². The van der Waals surface area contributed by atoms with Crippen LogP contribution in [0.3, 0.4) is 0 Å². The molecule has 2 amide bonds. The van der Waals surface area contributed by atoms with Gasteiger partial charge in [-0.2, -0.15) is 0 Å². The smallest absolute Gasteiger partial charge is 0.437 e. The number of guanidine groups is 1. The van der Waals surface area contributed by atoms with Crippen molar-refractivity contribution in [1.29, 1.82) is 0 Å². The molecule has 33 heavy (non-hydrogen) atoms. The summed E-state index contributed by atoms with van der Waals surface area (Å²) in [4.78, 5) is 42.5. The Kier molecular flexibility index (Phi) is 10.6. The topological polar surface area (TPSA) is 97.3 Å². The summed E-state index contributed by atoms with van der Waals surface area (Å²) in [6.45, 7) is 3.63. The van der Waals surface area contributed by atoms with E-state index in [2.05, 4.69) is 22.5 Å². The van der Waals surface area contributed by atoms with E-state index in [1.807, 2.05) is 44.2 Å². The van der Waals surface area contributed by atoms with Gasteiger partial charge in [-0.05, 0) is 57.9 Å². The van der Waals surface area contributed by atoms with Crippen LogP contribution in [0.15, 0.2) is 47.5 Å². The third kappa shape index (κ3) is 10.8. The normalized spacial score (nSPS) is 20.9. The highest BCUT2D eigenvalue weighted by Gasteiger charge is 2.24. The molecule has 0 bridgehead atoms. The van der Waals surface area contributed by atoms with E-state index < -0.39 is 17.7 Å². The van der Waals surface area contributed by atoms with Gasteiger partial charge in [0.1, 0.15) is 18.8 Å². The van der Waals surface area contributed by atoms with Crippen LogP contribution < -0.4 is 5.32 Å². The molecule has 0 aliphatic carbocycles. The number of allylic oxidation sites excluding steroid dienone is 2. The number of ether oxygens (including phenoxy) is 2. The molecule has 0 atom stereocenters. The Labute approximate surface area is 196 Å². The first-order valence-corrected chi connectivity index (χ1v) is 11.4. The lowest BCUT2D eigenvalue weighted by Gasteiger charge is -2.27. The predicted molar refractivity (Wildman–Crippen MR) is 126 cm³/mol. The average molecular weight is 458 g/mol. The lowest BCUT2D eigenvalue weighted by atomic mass is 10.0. The van der Waals surface area contributed by atoms with Gasteiger partial charge < -0.3 is 14.4 Å². The predicted octanol–water partition coefficient (Wildman–Crippen LogP) is 4.35. The van der Waals surface area contributed by atoms with Crippen LogP contribution in [0.1, 0.15) is 64.4 Å². The fourth-order valence-corrected chi connectivity index (χ4v) is 3.32. The van der Waals surface area contributed by atoms with E-state index in [9.17, 15) is 14.4 Å². The number of nitrogens with zero attached hydrogens (tertiary/aromatic N) is 2. The number of hydrogen-bond acceptors (Lipinski definition) is 5. The average Bonchev–Trinajstić information content (AvgIpc) is 2.75. The van der Waals surface area contributed by atoms with Crippen LogP contribution in [0.5, 0.6) is 0 Å². The van der Waals surface area contributed by atoms with Crippen molar-refractivity contribution < 1.29 is 23.9 Å². The SMILES string of the molecule is CN1CC(=O)OC(C)(C)CCC/C=C/CCCCC(=O)NC1=NC(=O)OCc1ccccc1. The zero-order valence-electron chi connectivity index (χ0n) is 19.8. The zero-order chi connectivity index (χ0) is 24.1. The van der Waals surface area contributed by atoms with Gasteiger partial charge in [0, 0.05) is 13.5 Å². The summed E-state index contributed by atoms with van der Waals surface area (Å²) < 4.78 is 10.8. The molecule has 1 N–H and O–H groups in total. The van der Waals surface area contributed by atoms with Crippen molar-refractivity contribution >= 4 is 23.9 Å². The zero-order valence-corrected chi connectivity index (χ0v) is 19.8. The minimum Gasteiger partial charge on any atom is -0.458 e. The van der Waals surface area contributed by atoms with Crippen LogP contribution in [0, 0.1) is 0 Å². The Hall–Kier alpha value is -3.16. The van der Waals surface area contributed by atoms with E-state index in [1.54, 1.807) is 7.05 Å². The summed E-state index contributed by atoms with van der Waals surface area (Å²) in [5.41, 5.74) is 0.201. The first kappa shape index (κ1) is 26.1. The maximum absolute atomic E-state index is 12.5. The summed E-state index contributed by atoms with van der Waals surface area (Å²) in [5.74, 6) is -0.794. The van der Waals surface area contributed by atoms with Crippen LogP contribution in [0.2, 0.25) is 0 Å². The molecule has 8 heteroatoms. The summed E-state index contributed by atoms with van der Waals surface area (Å²) >= 11 is 0. The molecule has 0 radical (unpaired) electrons. The lowest BCUT2D eigenvalue weighted by Crippen LogP contribution is -2.46. The van der Waals surface area contributed by atoms with Gasteiger partial charge in [-0.25, -0.2) is 4.79 Å². The second-order valence-corrected chi connectivity index (χ2v) is 8.72. The number of benzene rings is 1. The Morgan fingerprint density at radius 3 is 2.55 bits per heavy atom. The van der Waals surface area contributed by atoms with Crippen molar-refractivity contribution in [2.45, 2.75) is 71.0 Å². The van der Waals surface area contributed by atoms with Gasteiger partial charge in [0.15, 0.2) is 0 Å². The largest absolute Gasteiger partial charge is 0.458 e. The van der Waals surface area contributed by atoms with Gasteiger partial charge >= 0.3 is 12.1 Å². The van der Waals surface area contributed by atoms with E-state index >= 15 is 0 Å². The van der Waals surface area contributed by atoms with Crippen molar-refractivity contribution in [3.05, 3.63) is 48.0 Å². The minimum absolute atomic E-state index is 0.0444. The highest BCUT2D eigenvalue weighted by atomic mass is 16.6. The second-order valence-electron chi connectivity index (χ2n) is 8.72. The summed E-state index contributed by atoms with van der Waals surface area (Å²) in [5, 5.41) is 2.64. The number of amides is 2. The lowest BCUT2D eigenvalue weighted by molar-refractivity contribution is -0.157. The number of esters is 1. The van der Waals surface area contributed by atoms with Crippen molar-refractivity contribution in [2.24, 2.45) is 4.99 Å². The van der Waals surface area contributed by atoms with Crippen molar-refractivity contribution in [2.75, 3.05) is 13.6 Å². The molecule has 180 valence electrons. The standard InChI is InChI=1S/C25H35N3O5/c1-25(2)17-13-8-6-4-5-7-12-16-21(29)26-23(28(3)18-22(30)33-25)27-24(31)32-19-20-14-10-9-11-15-20/h4,6,9-11,14-15H,5,7-8,12-13,16-19H2,1-3H3,(H,26,27,29,31)/b6-4+. The molecule has 0 saturated carbocycles. The van der Waals surface area contributed by atoms with Gasteiger partial charge in [0.25, 0.3) is 0 Å². The fraction of sp³-hybridized carbons (Fsp3) is 0.520. The van der Waals surface area contributed by atoms with Gasteiger partial charge in [0.05, 0.1) is 0 Å². The third-order valence-corrected chi connectivity index (χ3v) is 5.11. The highest BCUT2D eigenvalue weighted by molar-refractivity contribution is 6.01. The summed E-state index contributed by atoms with van der Waals surface area (Å²) in [7, 11) is 1.57. The molecule has 1 aliphatic heterocycles. The minimum atomic E-state index is -0.856. The van der Waals surface area contributed by atoms with E-state index in [4.69, 9.17) is 9.47 Å². The van der Waals surface area contributed by atoms with Crippen molar-refractivity contribution in [3.63, 3.8) is 0 Å². The quantitative estimate of drug-likeness (QED) is 0.524. The number of carbonyl (C=O) groups is 3. The van der Waals surface area contributed by atoms with Crippen molar-refractivity contribution in [1.82, 2.24) is 10.2 Å². The van der Waals surface area contributed by atoms with Gasteiger partial charge in [-0.15, -0.1) is 4.99 Å². The molecule has 0 saturated heterocycles. The number of cyclic esters (lactones) is 1. The second kappa shape index (κ2) is 13.4. The molecular weight excluding hydrogens is 422 g/mol. The number of likely N-dealkylation sites (N-methyl/N-ethyl adjacent to an activating group) is 1. The molecule has 1 heterocycles. The summed E-state index contributed by atoms with van der Waals surface area (Å²) in [6.07, 6.45) is 8.75. The number of aliphatic imine (C=N–C) groups is 1. The molecule has 0 aromatic heterocycles. The maximum atomic E-state index is 12.5. The highest BCUT2D eigenvalue weighted by Crippen LogP contribution is 2.19. The summed E-state index contributed by atoms with van der Waals surface area (Å²) in [6, 6.07) is 9.21. The van der Waals surface area contributed by atoms with Gasteiger partial charge in [-0.3, -0.25) is 14.9 Å². The monoisotopic (exact) mass is 457 g/mol. The maximum Gasteiger partial charge on any atom is 0.437 e. The van der Waals surface area contributed by atoms with Crippen molar-refractivity contribution in [3.8, 4) is 0 Å². The van der Waals surface area contributed by atoms with E-state index in [1.165, 1.54) is 4.90 Å². The number of carbonyl (C=O) groups excluding carboxylic acids is 3. The van der Waals surface area contributed by atoms with Crippen LogP contribution in [0.25, 0.3) is 0 Å². The van der Waals surface area contributed by atoms with Crippen LogP contribution in [-0.2, 0) is 25.7 Å². The number of nitrogens with one attached hydrogen (secondary N) is 1. The number of hydrogen-bond donors (Lipinski definition) is 1. The first-order valence-electron chi connectivity index (χ1n) is 11.4. The van der Waals surface area contributed by atoms with E-state index in [0.717, 1.165) is 37.7 Å². The van der Waals surface area contributed by atoms with Gasteiger partial charge in [0.2, 0.25) is 11.9 Å². The Morgan fingerprint density at radius 1 is 1.12 bits per heavy atom. The molecule has 8 nitrogen and oxygen atoms in total. The molecule has 0 fully saturated rings. The first-order chi connectivity index (χ1) is 15.7. The van der Waals surface area contributed by atoms with E-state index in [-0.39, 0.29) is 31.4 Å². The molecule has 1 aromatic rings. The van der Waals surface area contributed by atoms with Crippen LogP contribution in [-0.4, -0.2) is 48.0 Å². The fourth-order valence-electron chi connectivity index (χ4n) is 3.32. The Bertz CT molecular complexity index is 849. The van der Waals surface area contributed by atoms with Gasteiger partial charge in [-0.1, -0.05) is 42.5 Å². The molecule has 1 aromatic carbocycles. The van der Waals surface area contributed by atoms with Crippen LogP contribution >= 0.6 is 0 Å².